The molecule has 4 nitrogen and oxygen atoms in total. The fraction of sp³-hybridized carbons (Fsp3) is 0.667. The number of rotatable bonds is 2. The van der Waals surface area contributed by atoms with Crippen LogP contribution in [0.15, 0.2) is 5.38 Å². The van der Waals surface area contributed by atoms with Crippen LogP contribution in [0.25, 0.3) is 0 Å². The molecular weight excluding hydrogens is 278 g/mol. The molecule has 1 saturated carbocycles. The lowest BCUT2D eigenvalue weighted by Crippen LogP contribution is -2.37. The Balaban J connectivity index is 1.85. The van der Waals surface area contributed by atoms with Crippen molar-refractivity contribution >= 4 is 33.4 Å². The molecule has 1 amide bonds. The van der Waals surface area contributed by atoms with Crippen molar-refractivity contribution in [1.82, 2.24) is 14.9 Å². The molecule has 0 spiro atoms. The van der Waals surface area contributed by atoms with Gasteiger partial charge in [-0.25, -0.2) is 0 Å². The molecule has 0 aliphatic heterocycles. The number of nitrogens with one attached hydrogen (secondary N) is 1. The van der Waals surface area contributed by atoms with Crippen molar-refractivity contribution in [2.24, 2.45) is 0 Å². The maximum Gasteiger partial charge on any atom is 0.272 e. The average Bonchev–Trinajstić information content (AvgIpc) is 2.74. The molecule has 0 atom stereocenters. The van der Waals surface area contributed by atoms with E-state index in [1.807, 2.05) is 0 Å². The third-order valence-electron chi connectivity index (χ3n) is 2.58. The highest BCUT2D eigenvalue weighted by Crippen LogP contribution is 2.24. The lowest BCUT2D eigenvalue weighted by molar-refractivity contribution is 0.0923. The van der Waals surface area contributed by atoms with Crippen LogP contribution in [0, 0.1) is 0 Å². The zero-order valence-electron chi connectivity index (χ0n) is 8.15. The molecule has 6 heteroatoms. The lowest BCUT2D eigenvalue weighted by Gasteiger charge is -2.25. The SMILES string of the molecule is O=C(NC1CCC(Br)CC1)c1csnn1. The van der Waals surface area contributed by atoms with Gasteiger partial charge >= 0.3 is 0 Å². The molecule has 0 aromatic carbocycles. The first kappa shape index (κ1) is 11.0. The van der Waals surface area contributed by atoms with Gasteiger partial charge in [-0.15, -0.1) is 5.10 Å². The molecule has 1 fully saturated rings. The summed E-state index contributed by atoms with van der Waals surface area (Å²) in [6.07, 6.45) is 4.33. The molecule has 82 valence electrons. The topological polar surface area (TPSA) is 54.9 Å². The number of amides is 1. The van der Waals surface area contributed by atoms with Crippen LogP contribution in [0.3, 0.4) is 0 Å². The quantitative estimate of drug-likeness (QED) is 0.847. The molecule has 1 aliphatic carbocycles. The summed E-state index contributed by atoms with van der Waals surface area (Å²) in [6, 6.07) is 0.299. The number of alkyl halides is 1. The summed E-state index contributed by atoms with van der Waals surface area (Å²) in [4.78, 5) is 12.3. The predicted molar refractivity (Wildman–Crippen MR) is 62.3 cm³/mol. The second kappa shape index (κ2) is 5.03. The van der Waals surface area contributed by atoms with Gasteiger partial charge in [-0.2, -0.15) is 0 Å². The first-order chi connectivity index (χ1) is 7.25. The Morgan fingerprint density at radius 1 is 1.47 bits per heavy atom. The Morgan fingerprint density at radius 3 is 2.80 bits per heavy atom. The van der Waals surface area contributed by atoms with Crippen molar-refractivity contribution in [3.8, 4) is 0 Å². The summed E-state index contributed by atoms with van der Waals surface area (Å²) < 4.78 is 3.67. The minimum Gasteiger partial charge on any atom is -0.348 e. The molecule has 0 bridgehead atoms. The van der Waals surface area contributed by atoms with E-state index in [1.165, 1.54) is 11.5 Å². The first-order valence-corrected chi connectivity index (χ1v) is 6.73. The van der Waals surface area contributed by atoms with Crippen molar-refractivity contribution in [3.05, 3.63) is 11.1 Å². The van der Waals surface area contributed by atoms with Gasteiger partial charge in [-0.3, -0.25) is 4.79 Å². The van der Waals surface area contributed by atoms with Gasteiger partial charge in [0.2, 0.25) is 0 Å². The minimum atomic E-state index is -0.0956. The van der Waals surface area contributed by atoms with E-state index in [0.717, 1.165) is 25.7 Å². The Morgan fingerprint density at radius 2 is 2.20 bits per heavy atom. The summed E-state index contributed by atoms with van der Waals surface area (Å²) in [5, 5.41) is 8.40. The minimum absolute atomic E-state index is 0.0956. The van der Waals surface area contributed by atoms with Crippen LogP contribution in [0.1, 0.15) is 36.2 Å². The van der Waals surface area contributed by atoms with Crippen molar-refractivity contribution < 1.29 is 4.79 Å². The van der Waals surface area contributed by atoms with Gasteiger partial charge in [0.25, 0.3) is 5.91 Å². The standard InChI is InChI=1S/C9H12BrN3OS/c10-6-1-3-7(4-2-6)11-9(14)8-5-15-13-12-8/h5-7H,1-4H2,(H,11,14). The fourth-order valence-corrected chi connectivity index (χ4v) is 2.68. The molecule has 0 radical (unpaired) electrons. The van der Waals surface area contributed by atoms with E-state index in [1.54, 1.807) is 5.38 Å². The number of hydrogen-bond donors (Lipinski definition) is 1. The maximum atomic E-state index is 11.6. The number of carbonyl (C=O) groups excluding carboxylic acids is 1. The van der Waals surface area contributed by atoms with E-state index >= 15 is 0 Å². The molecule has 1 aromatic heterocycles. The second-order valence-corrected chi connectivity index (χ2v) is 5.62. The average molecular weight is 290 g/mol. The van der Waals surface area contributed by atoms with Crippen LogP contribution in [0.4, 0.5) is 0 Å². The number of aromatic nitrogens is 2. The fourth-order valence-electron chi connectivity index (χ4n) is 1.72. The maximum absolute atomic E-state index is 11.6. The monoisotopic (exact) mass is 289 g/mol. The summed E-state index contributed by atoms with van der Waals surface area (Å²) in [5.41, 5.74) is 0.431. The Labute approximate surface area is 101 Å². The summed E-state index contributed by atoms with van der Waals surface area (Å²) in [7, 11) is 0. The molecule has 1 aliphatic rings. The Bertz CT molecular complexity index is 322. The molecular formula is C9H12BrN3OS. The smallest absolute Gasteiger partial charge is 0.272 e. The Hall–Kier alpha value is -0.490. The largest absolute Gasteiger partial charge is 0.348 e. The van der Waals surface area contributed by atoms with Gasteiger partial charge < -0.3 is 5.32 Å². The van der Waals surface area contributed by atoms with Crippen LogP contribution < -0.4 is 5.32 Å². The van der Waals surface area contributed by atoms with Gasteiger partial charge in [0.1, 0.15) is 0 Å². The zero-order chi connectivity index (χ0) is 10.7. The van der Waals surface area contributed by atoms with Crippen molar-refractivity contribution in [3.63, 3.8) is 0 Å². The molecule has 2 rings (SSSR count). The summed E-state index contributed by atoms with van der Waals surface area (Å²) in [5.74, 6) is -0.0956. The van der Waals surface area contributed by atoms with Crippen molar-refractivity contribution in [1.29, 1.82) is 0 Å². The molecule has 1 N–H and O–H groups in total. The lowest BCUT2D eigenvalue weighted by atomic mass is 9.95. The molecule has 15 heavy (non-hydrogen) atoms. The van der Waals surface area contributed by atoms with Crippen molar-refractivity contribution in [2.45, 2.75) is 36.6 Å². The van der Waals surface area contributed by atoms with E-state index in [2.05, 4.69) is 30.8 Å². The van der Waals surface area contributed by atoms with E-state index in [-0.39, 0.29) is 5.91 Å². The van der Waals surface area contributed by atoms with Crippen LogP contribution in [-0.4, -0.2) is 26.4 Å². The van der Waals surface area contributed by atoms with Gasteiger partial charge in [-0.05, 0) is 37.2 Å². The molecule has 1 aromatic rings. The number of hydrogen-bond acceptors (Lipinski definition) is 4. The third kappa shape index (κ3) is 2.98. The van der Waals surface area contributed by atoms with E-state index in [9.17, 15) is 4.79 Å². The highest BCUT2D eigenvalue weighted by molar-refractivity contribution is 9.09. The van der Waals surface area contributed by atoms with Gasteiger partial charge in [-0.1, -0.05) is 20.4 Å². The number of halogens is 1. The van der Waals surface area contributed by atoms with Crippen LogP contribution >= 0.6 is 27.5 Å². The second-order valence-electron chi connectivity index (χ2n) is 3.71. The number of nitrogens with zero attached hydrogens (tertiary/aromatic N) is 2. The summed E-state index contributed by atoms with van der Waals surface area (Å²) in [6.45, 7) is 0. The normalized spacial score (nSPS) is 26.2. The highest BCUT2D eigenvalue weighted by Gasteiger charge is 2.21. The molecule has 1 heterocycles. The van der Waals surface area contributed by atoms with Gasteiger partial charge in [0.15, 0.2) is 5.69 Å². The van der Waals surface area contributed by atoms with E-state index in [4.69, 9.17) is 0 Å². The zero-order valence-corrected chi connectivity index (χ0v) is 10.6. The van der Waals surface area contributed by atoms with Crippen LogP contribution in [-0.2, 0) is 0 Å². The van der Waals surface area contributed by atoms with Crippen LogP contribution in [0.2, 0.25) is 0 Å². The Kier molecular flexibility index (Phi) is 3.69. The van der Waals surface area contributed by atoms with Gasteiger partial charge in [0.05, 0.1) is 0 Å². The molecule has 0 unspecified atom stereocenters. The van der Waals surface area contributed by atoms with Crippen molar-refractivity contribution in [2.75, 3.05) is 0 Å². The summed E-state index contributed by atoms with van der Waals surface area (Å²) >= 11 is 4.79. The first-order valence-electron chi connectivity index (χ1n) is 4.97. The third-order valence-corrected chi connectivity index (χ3v) is 4.00. The van der Waals surface area contributed by atoms with Crippen LogP contribution in [0.5, 0.6) is 0 Å². The molecule has 0 saturated heterocycles. The van der Waals surface area contributed by atoms with Gasteiger partial charge in [0, 0.05) is 16.2 Å². The van der Waals surface area contributed by atoms with E-state index < -0.39 is 0 Å². The van der Waals surface area contributed by atoms with E-state index in [0.29, 0.717) is 16.6 Å². The predicted octanol–water partition coefficient (Wildman–Crippen LogP) is 1.97. The number of carbonyl (C=O) groups is 1. The highest BCUT2D eigenvalue weighted by atomic mass is 79.9.